The fraction of sp³-hybridized carbons (Fsp3) is 0.667. The maximum Gasteiger partial charge on any atom is 0.148 e. The van der Waals surface area contributed by atoms with Crippen molar-refractivity contribution in [2.24, 2.45) is 0 Å². The molecule has 1 aromatic heterocycles. The second-order valence-corrected chi connectivity index (χ2v) is 5.76. The molecule has 0 aliphatic rings. The first-order valence-corrected chi connectivity index (χ1v) is 7.00. The number of aryl methyl sites for hydroxylation is 1. The first kappa shape index (κ1) is 12.2. The largest absolute Gasteiger partial charge is 0.316 e. The molecule has 0 fully saturated rings. The summed E-state index contributed by atoms with van der Waals surface area (Å²) in [6.45, 7) is 2.20. The van der Waals surface area contributed by atoms with Crippen molar-refractivity contribution >= 4 is 9.84 Å². The lowest BCUT2D eigenvalue weighted by molar-refractivity contribution is 0.547. The molecule has 0 bridgehead atoms. The zero-order valence-corrected chi connectivity index (χ0v) is 9.70. The minimum absolute atomic E-state index is 0.203. The summed E-state index contributed by atoms with van der Waals surface area (Å²) in [6.07, 6.45) is 5.86. The maximum absolute atomic E-state index is 10.8. The van der Waals surface area contributed by atoms with Gasteiger partial charge < -0.3 is 5.32 Å². The minimum Gasteiger partial charge on any atom is -0.316 e. The fourth-order valence-corrected chi connectivity index (χ4v) is 1.70. The molecule has 86 valence electrons. The number of hydrogen-bond acceptors (Lipinski definition) is 4. The van der Waals surface area contributed by atoms with Crippen LogP contribution in [0.1, 0.15) is 6.42 Å². The third-order valence-corrected chi connectivity index (χ3v) is 2.90. The van der Waals surface area contributed by atoms with Crippen LogP contribution in [0.2, 0.25) is 0 Å². The second kappa shape index (κ2) is 5.87. The molecule has 1 N–H and O–H groups in total. The van der Waals surface area contributed by atoms with Crippen LogP contribution in [0.25, 0.3) is 0 Å². The Morgan fingerprint density at radius 1 is 1.40 bits per heavy atom. The van der Waals surface area contributed by atoms with Gasteiger partial charge in [0.05, 0.1) is 5.75 Å². The summed E-state index contributed by atoms with van der Waals surface area (Å²) in [5.41, 5.74) is 0. The summed E-state index contributed by atoms with van der Waals surface area (Å²) < 4.78 is 23.5. The van der Waals surface area contributed by atoms with Gasteiger partial charge in [-0.15, -0.1) is 0 Å². The van der Waals surface area contributed by atoms with E-state index in [1.54, 1.807) is 6.20 Å². The van der Waals surface area contributed by atoms with Crippen LogP contribution in [0.15, 0.2) is 18.5 Å². The lowest BCUT2D eigenvalue weighted by Crippen LogP contribution is -2.24. The molecular weight excluding hydrogens is 214 g/mol. The van der Waals surface area contributed by atoms with E-state index >= 15 is 0 Å². The van der Waals surface area contributed by atoms with E-state index in [4.69, 9.17) is 0 Å². The molecule has 1 rings (SSSR count). The van der Waals surface area contributed by atoms with E-state index in [2.05, 4.69) is 10.4 Å². The number of sulfone groups is 1. The quantitative estimate of drug-likeness (QED) is 0.666. The van der Waals surface area contributed by atoms with Crippen LogP contribution in [0.4, 0.5) is 0 Å². The fourth-order valence-electron chi connectivity index (χ4n) is 1.18. The van der Waals surface area contributed by atoms with Crippen molar-refractivity contribution in [3.8, 4) is 0 Å². The topological polar surface area (TPSA) is 64.0 Å². The van der Waals surface area contributed by atoms with Crippen LogP contribution in [0.5, 0.6) is 0 Å². The summed E-state index contributed by atoms with van der Waals surface area (Å²) in [7, 11) is -2.83. The molecule has 5 nitrogen and oxygen atoms in total. The van der Waals surface area contributed by atoms with Crippen LogP contribution in [0, 0.1) is 0 Å². The van der Waals surface area contributed by atoms with E-state index < -0.39 is 9.84 Å². The summed E-state index contributed by atoms with van der Waals surface area (Å²) in [6, 6.07) is 1.89. The number of nitrogens with one attached hydrogen (secondary N) is 1. The Kier molecular flexibility index (Phi) is 4.77. The number of aromatic nitrogens is 2. The lowest BCUT2D eigenvalue weighted by atomic mass is 10.4. The van der Waals surface area contributed by atoms with Crippen molar-refractivity contribution in [3.05, 3.63) is 18.5 Å². The average molecular weight is 231 g/mol. The highest BCUT2D eigenvalue weighted by Gasteiger charge is 1.99. The second-order valence-electron chi connectivity index (χ2n) is 3.50. The number of hydrogen-bond donors (Lipinski definition) is 1. The Morgan fingerprint density at radius 3 is 2.80 bits per heavy atom. The summed E-state index contributed by atoms with van der Waals surface area (Å²) in [5.74, 6) is 0.203. The SMILES string of the molecule is CS(=O)(=O)CCNCCCn1cccn1. The van der Waals surface area contributed by atoms with Gasteiger partial charge in [-0.05, 0) is 19.0 Å². The average Bonchev–Trinajstić information content (AvgIpc) is 2.61. The standard InChI is InChI=1S/C9H17N3O2S/c1-15(13,14)9-6-10-4-2-7-12-8-3-5-11-12/h3,5,8,10H,2,4,6-7,9H2,1H3. The van der Waals surface area contributed by atoms with Gasteiger partial charge in [0.15, 0.2) is 0 Å². The molecule has 0 radical (unpaired) electrons. The summed E-state index contributed by atoms with van der Waals surface area (Å²) in [5, 5.41) is 7.15. The molecule has 0 saturated carbocycles. The van der Waals surface area contributed by atoms with Crippen molar-refractivity contribution in [3.63, 3.8) is 0 Å². The van der Waals surface area contributed by atoms with Crippen molar-refractivity contribution in [1.29, 1.82) is 0 Å². The van der Waals surface area contributed by atoms with E-state index in [0.717, 1.165) is 19.5 Å². The Hall–Kier alpha value is -0.880. The van der Waals surface area contributed by atoms with E-state index in [9.17, 15) is 8.42 Å². The maximum atomic E-state index is 10.8. The van der Waals surface area contributed by atoms with Crippen LogP contribution < -0.4 is 5.32 Å². The molecule has 1 aromatic rings. The van der Waals surface area contributed by atoms with Crippen LogP contribution in [-0.4, -0.2) is 43.3 Å². The van der Waals surface area contributed by atoms with Gasteiger partial charge in [0.1, 0.15) is 9.84 Å². The zero-order valence-electron chi connectivity index (χ0n) is 8.89. The highest BCUT2D eigenvalue weighted by Crippen LogP contribution is 1.88. The third-order valence-electron chi connectivity index (χ3n) is 1.95. The highest BCUT2D eigenvalue weighted by molar-refractivity contribution is 7.90. The molecule has 0 aliphatic heterocycles. The Morgan fingerprint density at radius 2 is 2.20 bits per heavy atom. The summed E-state index contributed by atoms with van der Waals surface area (Å²) in [4.78, 5) is 0. The van der Waals surface area contributed by atoms with Gasteiger partial charge in [-0.2, -0.15) is 5.10 Å². The monoisotopic (exact) mass is 231 g/mol. The van der Waals surface area contributed by atoms with Crippen LogP contribution in [-0.2, 0) is 16.4 Å². The lowest BCUT2D eigenvalue weighted by Gasteiger charge is -2.03. The number of rotatable bonds is 7. The molecule has 0 atom stereocenters. The van der Waals surface area contributed by atoms with Crippen LogP contribution in [0.3, 0.4) is 0 Å². The molecule has 0 amide bonds. The molecule has 0 aromatic carbocycles. The predicted octanol–water partition coefficient (Wildman–Crippen LogP) is -0.0926. The van der Waals surface area contributed by atoms with E-state index in [0.29, 0.717) is 6.54 Å². The smallest absolute Gasteiger partial charge is 0.148 e. The first-order valence-electron chi connectivity index (χ1n) is 4.94. The van der Waals surface area contributed by atoms with Crippen molar-refractivity contribution < 1.29 is 8.42 Å². The van der Waals surface area contributed by atoms with Gasteiger partial charge in [-0.3, -0.25) is 4.68 Å². The van der Waals surface area contributed by atoms with E-state index in [-0.39, 0.29) is 5.75 Å². The van der Waals surface area contributed by atoms with Crippen LogP contribution >= 0.6 is 0 Å². The molecule has 0 spiro atoms. The number of nitrogens with zero attached hydrogens (tertiary/aromatic N) is 2. The minimum atomic E-state index is -2.83. The highest BCUT2D eigenvalue weighted by atomic mass is 32.2. The van der Waals surface area contributed by atoms with Gasteiger partial charge in [0.2, 0.25) is 0 Å². The van der Waals surface area contributed by atoms with E-state index in [1.165, 1.54) is 6.26 Å². The normalized spacial score (nSPS) is 11.8. The third kappa shape index (κ3) is 6.24. The molecule has 0 saturated heterocycles. The van der Waals surface area contributed by atoms with Crippen molar-refractivity contribution in [1.82, 2.24) is 15.1 Å². The van der Waals surface area contributed by atoms with Crippen molar-refractivity contribution in [2.75, 3.05) is 25.1 Å². The molecular formula is C9H17N3O2S. The Labute approximate surface area is 90.4 Å². The molecule has 6 heteroatoms. The van der Waals surface area contributed by atoms with E-state index in [1.807, 2.05) is 16.9 Å². The molecule has 1 heterocycles. The molecule has 15 heavy (non-hydrogen) atoms. The molecule has 0 aliphatic carbocycles. The van der Waals surface area contributed by atoms with Gasteiger partial charge in [0, 0.05) is 31.7 Å². The first-order chi connectivity index (χ1) is 7.08. The molecule has 0 unspecified atom stereocenters. The Bertz CT molecular complexity index is 359. The predicted molar refractivity (Wildman–Crippen MR) is 59.4 cm³/mol. The summed E-state index contributed by atoms with van der Waals surface area (Å²) >= 11 is 0. The zero-order chi connectivity index (χ0) is 11.1. The van der Waals surface area contributed by atoms with Gasteiger partial charge in [0.25, 0.3) is 0 Å². The van der Waals surface area contributed by atoms with Crippen molar-refractivity contribution in [2.45, 2.75) is 13.0 Å². The van der Waals surface area contributed by atoms with Gasteiger partial charge in [-0.25, -0.2) is 8.42 Å². The van der Waals surface area contributed by atoms with Gasteiger partial charge >= 0.3 is 0 Å². The Balaban J connectivity index is 1.99. The van der Waals surface area contributed by atoms with Gasteiger partial charge in [-0.1, -0.05) is 0 Å².